The van der Waals surface area contributed by atoms with Crippen LogP contribution in [0.2, 0.25) is 0 Å². The number of benzene rings is 2. The molecule has 1 fully saturated rings. The maximum absolute atomic E-state index is 12.4. The molecular formula is C25H25N3O6. The lowest BCUT2D eigenvalue weighted by Crippen LogP contribution is -2.24. The molecule has 9 nitrogen and oxygen atoms in total. The van der Waals surface area contributed by atoms with Crippen LogP contribution >= 0.6 is 0 Å². The van der Waals surface area contributed by atoms with Gasteiger partial charge in [0.25, 0.3) is 5.91 Å². The maximum atomic E-state index is 12.4. The molecule has 0 aliphatic heterocycles. The number of aromatic nitrogens is 2. The van der Waals surface area contributed by atoms with E-state index in [1.165, 1.54) is 26.2 Å². The molecule has 2 aromatic carbocycles. The van der Waals surface area contributed by atoms with Crippen LogP contribution < -0.4 is 14.8 Å². The summed E-state index contributed by atoms with van der Waals surface area (Å²) in [4.78, 5) is 36.0. The minimum atomic E-state index is -0.719. The molecule has 1 heterocycles. The minimum Gasteiger partial charge on any atom is -0.493 e. The Kier molecular flexibility index (Phi) is 6.91. The fraction of sp³-hybridized carbons (Fsp3) is 0.280. The molecule has 34 heavy (non-hydrogen) atoms. The number of hydrogen-bond acceptors (Lipinski definition) is 7. The lowest BCUT2D eigenvalue weighted by atomic mass is 10.1. The molecule has 0 radical (unpaired) electrons. The molecule has 1 amide bonds. The highest BCUT2D eigenvalue weighted by Crippen LogP contribution is 2.40. The molecule has 176 valence electrons. The monoisotopic (exact) mass is 463 g/mol. The predicted octanol–water partition coefficient (Wildman–Crippen LogP) is 3.52. The van der Waals surface area contributed by atoms with E-state index in [9.17, 15) is 14.4 Å². The number of methoxy groups -OCH3 is 1. The van der Waals surface area contributed by atoms with Crippen LogP contribution in [-0.4, -0.2) is 47.8 Å². The number of anilines is 1. The first kappa shape index (κ1) is 23.0. The summed E-state index contributed by atoms with van der Waals surface area (Å²) >= 11 is 0. The van der Waals surface area contributed by atoms with E-state index in [1.54, 1.807) is 10.7 Å². The van der Waals surface area contributed by atoms with Crippen LogP contribution in [0, 0.1) is 0 Å². The molecule has 0 bridgehead atoms. The first-order valence-corrected chi connectivity index (χ1v) is 10.9. The summed E-state index contributed by atoms with van der Waals surface area (Å²) in [6.07, 6.45) is 2.16. The first-order valence-electron chi connectivity index (χ1n) is 10.9. The van der Waals surface area contributed by atoms with E-state index in [4.69, 9.17) is 14.2 Å². The van der Waals surface area contributed by atoms with Crippen LogP contribution in [0.4, 0.5) is 5.82 Å². The Balaban J connectivity index is 1.32. The third kappa shape index (κ3) is 5.61. The highest BCUT2D eigenvalue weighted by Gasteiger charge is 2.28. The number of amides is 1. The number of nitrogens with zero attached hydrogens (tertiary/aromatic N) is 2. The summed E-state index contributed by atoms with van der Waals surface area (Å²) in [6.45, 7) is 0.551. The van der Waals surface area contributed by atoms with E-state index in [2.05, 4.69) is 10.4 Å². The van der Waals surface area contributed by atoms with Gasteiger partial charge < -0.3 is 19.5 Å². The smallest absolute Gasteiger partial charge is 0.344 e. The van der Waals surface area contributed by atoms with Crippen molar-refractivity contribution < 1.29 is 28.6 Å². The number of rotatable bonds is 10. The Hall–Kier alpha value is -4.14. The second kappa shape index (κ2) is 10.2. The van der Waals surface area contributed by atoms with E-state index in [-0.39, 0.29) is 11.5 Å². The van der Waals surface area contributed by atoms with Crippen LogP contribution in [0.25, 0.3) is 5.69 Å². The number of hydrogen-bond donors (Lipinski definition) is 1. The van der Waals surface area contributed by atoms with Crippen LogP contribution in [-0.2, 0) is 14.3 Å². The standard InChI is InChI=1S/C25H25N3O6/c1-16(29)18-10-11-21(22(12-18)32-2)33-15-25(31)34-14-24(30)26-23-13-20(17-8-9-17)27-28(23)19-6-4-3-5-7-19/h3-7,10-13,17H,8-9,14-15H2,1-2H3,(H,26,30). The van der Waals surface area contributed by atoms with Crippen molar-refractivity contribution in [2.45, 2.75) is 25.7 Å². The molecule has 1 N–H and O–H groups in total. The Labute approximate surface area is 196 Å². The van der Waals surface area contributed by atoms with Gasteiger partial charge in [-0.05, 0) is 50.1 Å². The van der Waals surface area contributed by atoms with Crippen molar-refractivity contribution in [1.82, 2.24) is 9.78 Å². The number of carbonyl (C=O) groups is 3. The van der Waals surface area contributed by atoms with Gasteiger partial charge in [0.05, 0.1) is 18.5 Å². The third-order valence-electron chi connectivity index (χ3n) is 5.27. The second-order valence-corrected chi connectivity index (χ2v) is 7.90. The molecule has 1 aliphatic rings. The van der Waals surface area contributed by atoms with Gasteiger partial charge >= 0.3 is 5.97 Å². The van der Waals surface area contributed by atoms with Gasteiger partial charge in [-0.25, -0.2) is 9.48 Å². The Morgan fingerprint density at radius 2 is 1.79 bits per heavy atom. The van der Waals surface area contributed by atoms with Gasteiger partial charge in [-0.2, -0.15) is 5.10 Å². The number of ketones is 1. The molecule has 1 aliphatic carbocycles. The lowest BCUT2D eigenvalue weighted by molar-refractivity contribution is -0.149. The van der Waals surface area contributed by atoms with Gasteiger partial charge in [-0.15, -0.1) is 0 Å². The van der Waals surface area contributed by atoms with Gasteiger partial charge in [0.1, 0.15) is 5.82 Å². The SMILES string of the molecule is COc1cc(C(C)=O)ccc1OCC(=O)OCC(=O)Nc1cc(C2CC2)nn1-c1ccccc1. The average molecular weight is 463 g/mol. The maximum Gasteiger partial charge on any atom is 0.344 e. The number of ether oxygens (including phenoxy) is 3. The van der Waals surface area contributed by atoms with Crippen LogP contribution in [0.1, 0.15) is 41.7 Å². The van der Waals surface area contributed by atoms with Crippen molar-refractivity contribution >= 4 is 23.5 Å². The van der Waals surface area contributed by atoms with Gasteiger partial charge in [0, 0.05) is 17.5 Å². The van der Waals surface area contributed by atoms with Crippen molar-refractivity contribution in [2.75, 3.05) is 25.6 Å². The van der Waals surface area contributed by atoms with Crippen molar-refractivity contribution in [2.24, 2.45) is 0 Å². The highest BCUT2D eigenvalue weighted by atomic mass is 16.6. The zero-order valence-corrected chi connectivity index (χ0v) is 18.9. The molecule has 3 aromatic rings. The first-order chi connectivity index (χ1) is 16.4. The zero-order valence-electron chi connectivity index (χ0n) is 18.9. The average Bonchev–Trinajstić information content (AvgIpc) is 3.62. The summed E-state index contributed by atoms with van der Waals surface area (Å²) in [5.41, 5.74) is 2.21. The fourth-order valence-corrected chi connectivity index (χ4v) is 3.34. The van der Waals surface area contributed by atoms with Crippen molar-refractivity contribution in [3.63, 3.8) is 0 Å². The lowest BCUT2D eigenvalue weighted by Gasteiger charge is -2.12. The summed E-state index contributed by atoms with van der Waals surface area (Å²) < 4.78 is 17.4. The summed E-state index contributed by atoms with van der Waals surface area (Å²) in [5.74, 6) is 0.206. The largest absolute Gasteiger partial charge is 0.493 e. The molecule has 1 saturated carbocycles. The summed E-state index contributed by atoms with van der Waals surface area (Å²) in [6, 6.07) is 16.0. The van der Waals surface area contributed by atoms with Crippen molar-refractivity contribution in [3.05, 3.63) is 65.9 Å². The predicted molar refractivity (Wildman–Crippen MR) is 124 cm³/mol. The van der Waals surface area contributed by atoms with E-state index in [0.717, 1.165) is 24.2 Å². The highest BCUT2D eigenvalue weighted by molar-refractivity contribution is 5.94. The van der Waals surface area contributed by atoms with Crippen molar-refractivity contribution in [1.29, 1.82) is 0 Å². The quantitative estimate of drug-likeness (QED) is 0.362. The van der Waals surface area contributed by atoms with Gasteiger partial charge in [-0.3, -0.25) is 9.59 Å². The fourth-order valence-electron chi connectivity index (χ4n) is 3.34. The molecule has 1 aromatic heterocycles. The number of carbonyl (C=O) groups excluding carboxylic acids is 3. The van der Waals surface area contributed by atoms with Crippen LogP contribution in [0.15, 0.2) is 54.6 Å². The topological polar surface area (TPSA) is 109 Å². The number of para-hydroxylation sites is 1. The van der Waals surface area contributed by atoms with E-state index < -0.39 is 25.1 Å². The molecular weight excluding hydrogens is 438 g/mol. The normalized spacial score (nSPS) is 12.6. The molecule has 0 saturated heterocycles. The number of esters is 1. The molecule has 0 atom stereocenters. The number of Topliss-reactive ketones (excluding diaryl/α,β-unsaturated/α-hetero) is 1. The van der Waals surface area contributed by atoms with Gasteiger partial charge in [-0.1, -0.05) is 18.2 Å². The summed E-state index contributed by atoms with van der Waals surface area (Å²) in [5, 5.41) is 7.40. The van der Waals surface area contributed by atoms with E-state index in [1.807, 2.05) is 36.4 Å². The molecule has 0 spiro atoms. The summed E-state index contributed by atoms with van der Waals surface area (Å²) in [7, 11) is 1.43. The molecule has 9 heteroatoms. The van der Waals surface area contributed by atoms with Gasteiger partial charge in [0.15, 0.2) is 30.5 Å². The van der Waals surface area contributed by atoms with Gasteiger partial charge in [0.2, 0.25) is 0 Å². The number of nitrogens with one attached hydrogen (secondary N) is 1. The van der Waals surface area contributed by atoms with Crippen molar-refractivity contribution in [3.8, 4) is 17.2 Å². The van der Waals surface area contributed by atoms with E-state index in [0.29, 0.717) is 23.0 Å². The third-order valence-corrected chi connectivity index (χ3v) is 5.27. The Morgan fingerprint density at radius 3 is 2.47 bits per heavy atom. The van der Waals surface area contributed by atoms with Crippen LogP contribution in [0.5, 0.6) is 11.5 Å². The van der Waals surface area contributed by atoms with E-state index >= 15 is 0 Å². The van der Waals surface area contributed by atoms with Crippen LogP contribution in [0.3, 0.4) is 0 Å². The minimum absolute atomic E-state index is 0.117. The zero-order chi connectivity index (χ0) is 24.1. The molecule has 4 rings (SSSR count). The Morgan fingerprint density at radius 1 is 1.03 bits per heavy atom. The second-order valence-electron chi connectivity index (χ2n) is 7.90. The molecule has 0 unspecified atom stereocenters. The Bertz CT molecular complexity index is 1200.